The summed E-state index contributed by atoms with van der Waals surface area (Å²) in [6.07, 6.45) is 0. The standard InChI is InChI=1S/C6H2BrCl2N3/c7-2-1-3(8)10-5-4(2)11-12-6(5)9/h1H,(H,11,12). The number of hydrogen-bond acceptors (Lipinski definition) is 2. The van der Waals surface area contributed by atoms with Crippen LogP contribution in [-0.4, -0.2) is 15.2 Å². The van der Waals surface area contributed by atoms with Gasteiger partial charge < -0.3 is 0 Å². The van der Waals surface area contributed by atoms with Gasteiger partial charge in [-0.15, -0.1) is 0 Å². The maximum Gasteiger partial charge on any atom is 0.150 e. The van der Waals surface area contributed by atoms with Crippen LogP contribution in [0.3, 0.4) is 0 Å². The monoisotopic (exact) mass is 265 g/mol. The first-order valence-corrected chi connectivity index (χ1v) is 4.59. The van der Waals surface area contributed by atoms with Crippen molar-refractivity contribution in [1.82, 2.24) is 15.2 Å². The van der Waals surface area contributed by atoms with Gasteiger partial charge in [0.05, 0.1) is 4.47 Å². The second kappa shape index (κ2) is 2.87. The van der Waals surface area contributed by atoms with Crippen LogP contribution in [0.15, 0.2) is 10.5 Å². The summed E-state index contributed by atoms with van der Waals surface area (Å²) in [7, 11) is 0. The van der Waals surface area contributed by atoms with Crippen LogP contribution in [0.1, 0.15) is 0 Å². The summed E-state index contributed by atoms with van der Waals surface area (Å²) < 4.78 is 0.778. The van der Waals surface area contributed by atoms with Gasteiger partial charge in [0, 0.05) is 0 Å². The maximum absolute atomic E-state index is 5.76. The fourth-order valence-corrected chi connectivity index (χ4v) is 1.89. The van der Waals surface area contributed by atoms with E-state index in [-0.39, 0.29) is 0 Å². The second-order valence-electron chi connectivity index (χ2n) is 2.16. The van der Waals surface area contributed by atoms with Crippen molar-refractivity contribution in [3.63, 3.8) is 0 Å². The highest BCUT2D eigenvalue weighted by atomic mass is 79.9. The first-order valence-electron chi connectivity index (χ1n) is 3.04. The number of pyridine rings is 1. The predicted octanol–water partition coefficient (Wildman–Crippen LogP) is 3.03. The molecular weight excluding hydrogens is 265 g/mol. The van der Waals surface area contributed by atoms with Crippen molar-refractivity contribution in [1.29, 1.82) is 0 Å². The molecule has 62 valence electrons. The van der Waals surface area contributed by atoms with Gasteiger partial charge in [0.15, 0.2) is 5.15 Å². The van der Waals surface area contributed by atoms with Crippen molar-refractivity contribution < 1.29 is 0 Å². The first kappa shape index (κ1) is 8.29. The van der Waals surface area contributed by atoms with E-state index in [1.165, 1.54) is 0 Å². The molecule has 0 radical (unpaired) electrons. The fraction of sp³-hybridized carbons (Fsp3) is 0. The summed E-state index contributed by atoms with van der Waals surface area (Å²) in [4.78, 5) is 4.01. The van der Waals surface area contributed by atoms with E-state index in [0.717, 1.165) is 4.47 Å². The van der Waals surface area contributed by atoms with Crippen molar-refractivity contribution >= 4 is 50.2 Å². The third-order valence-corrected chi connectivity index (χ3v) is 2.45. The number of nitrogens with zero attached hydrogens (tertiary/aromatic N) is 2. The Morgan fingerprint density at radius 3 is 2.83 bits per heavy atom. The lowest BCUT2D eigenvalue weighted by Gasteiger charge is -1.92. The fourth-order valence-electron chi connectivity index (χ4n) is 0.895. The van der Waals surface area contributed by atoms with Gasteiger partial charge in [0.2, 0.25) is 0 Å². The number of rotatable bonds is 0. The summed E-state index contributed by atoms with van der Waals surface area (Å²) >= 11 is 14.8. The minimum Gasteiger partial charge on any atom is -0.265 e. The number of halogens is 3. The van der Waals surface area contributed by atoms with Crippen LogP contribution in [0.4, 0.5) is 0 Å². The number of nitrogens with one attached hydrogen (secondary N) is 1. The van der Waals surface area contributed by atoms with Crippen molar-refractivity contribution in [2.24, 2.45) is 0 Å². The van der Waals surface area contributed by atoms with Crippen molar-refractivity contribution in [3.8, 4) is 0 Å². The number of fused-ring (bicyclic) bond motifs is 1. The first-order chi connectivity index (χ1) is 5.68. The summed E-state index contributed by atoms with van der Waals surface area (Å²) in [5.74, 6) is 0. The molecule has 0 aliphatic heterocycles. The molecule has 0 unspecified atom stereocenters. The molecule has 2 aromatic rings. The minimum atomic E-state index is 0.387. The molecule has 0 bridgehead atoms. The topological polar surface area (TPSA) is 41.6 Å². The SMILES string of the molecule is Clc1cc(Br)c2n[nH]c(Cl)c2n1. The van der Waals surface area contributed by atoms with Crippen LogP contribution in [0, 0.1) is 0 Å². The molecule has 0 spiro atoms. The smallest absolute Gasteiger partial charge is 0.150 e. The molecule has 0 saturated carbocycles. The largest absolute Gasteiger partial charge is 0.265 e. The highest BCUT2D eigenvalue weighted by Gasteiger charge is 2.08. The summed E-state index contributed by atoms with van der Waals surface area (Å²) in [6, 6.07) is 1.67. The molecule has 2 rings (SSSR count). The average Bonchev–Trinajstić information content (AvgIpc) is 2.33. The molecular formula is C6H2BrCl2N3. The summed E-state index contributed by atoms with van der Waals surface area (Å²) in [5, 5.41) is 7.33. The van der Waals surface area contributed by atoms with E-state index in [0.29, 0.717) is 21.3 Å². The summed E-state index contributed by atoms with van der Waals surface area (Å²) in [5.41, 5.74) is 1.26. The highest BCUT2D eigenvalue weighted by molar-refractivity contribution is 9.10. The molecule has 0 fully saturated rings. The van der Waals surface area contributed by atoms with Gasteiger partial charge >= 0.3 is 0 Å². The van der Waals surface area contributed by atoms with Gasteiger partial charge in [0.1, 0.15) is 16.2 Å². The van der Waals surface area contributed by atoms with E-state index in [2.05, 4.69) is 31.1 Å². The molecule has 3 nitrogen and oxygen atoms in total. The Balaban J connectivity index is 2.92. The predicted molar refractivity (Wildman–Crippen MR) is 51.6 cm³/mol. The zero-order chi connectivity index (χ0) is 8.72. The van der Waals surface area contributed by atoms with Crippen LogP contribution < -0.4 is 0 Å². The Morgan fingerprint density at radius 2 is 2.08 bits per heavy atom. The molecule has 2 heterocycles. The molecule has 0 aliphatic rings. The average molecular weight is 267 g/mol. The Kier molecular flexibility index (Phi) is 1.98. The lowest BCUT2D eigenvalue weighted by atomic mass is 10.4. The lowest BCUT2D eigenvalue weighted by molar-refractivity contribution is 1.12. The number of H-pyrrole nitrogens is 1. The zero-order valence-corrected chi connectivity index (χ0v) is 8.70. The Hall–Kier alpha value is -0.320. The lowest BCUT2D eigenvalue weighted by Crippen LogP contribution is -1.78. The third kappa shape index (κ3) is 1.20. The van der Waals surface area contributed by atoms with Crippen LogP contribution in [0.25, 0.3) is 11.0 Å². The molecule has 0 aliphatic carbocycles. The van der Waals surface area contributed by atoms with Crippen LogP contribution in [0.2, 0.25) is 10.3 Å². The molecule has 0 amide bonds. The van der Waals surface area contributed by atoms with Gasteiger partial charge in [-0.05, 0) is 22.0 Å². The molecule has 2 aromatic heterocycles. The van der Waals surface area contributed by atoms with Crippen molar-refractivity contribution in [2.75, 3.05) is 0 Å². The Labute approximate surface area is 86.2 Å². The molecule has 1 N–H and O–H groups in total. The maximum atomic E-state index is 5.76. The Morgan fingerprint density at radius 1 is 1.33 bits per heavy atom. The van der Waals surface area contributed by atoms with Gasteiger partial charge in [-0.3, -0.25) is 5.10 Å². The molecule has 0 aromatic carbocycles. The molecule has 12 heavy (non-hydrogen) atoms. The van der Waals surface area contributed by atoms with Gasteiger partial charge in [-0.2, -0.15) is 5.10 Å². The molecule has 6 heteroatoms. The van der Waals surface area contributed by atoms with Crippen LogP contribution in [0.5, 0.6) is 0 Å². The Bertz CT molecular complexity index is 440. The molecule has 0 saturated heterocycles. The summed E-state index contributed by atoms with van der Waals surface area (Å²) in [6.45, 7) is 0. The normalized spacial score (nSPS) is 10.9. The second-order valence-corrected chi connectivity index (χ2v) is 3.78. The number of hydrogen-bond donors (Lipinski definition) is 1. The third-order valence-electron chi connectivity index (χ3n) is 1.39. The van der Waals surface area contributed by atoms with Crippen LogP contribution >= 0.6 is 39.1 Å². The quantitative estimate of drug-likeness (QED) is 0.745. The number of aromatic amines is 1. The number of aromatic nitrogens is 3. The van der Waals surface area contributed by atoms with E-state index in [1.54, 1.807) is 6.07 Å². The van der Waals surface area contributed by atoms with Crippen molar-refractivity contribution in [3.05, 3.63) is 20.8 Å². The van der Waals surface area contributed by atoms with E-state index < -0.39 is 0 Å². The van der Waals surface area contributed by atoms with Gasteiger partial charge in [-0.25, -0.2) is 4.98 Å². The van der Waals surface area contributed by atoms with E-state index in [4.69, 9.17) is 23.2 Å². The van der Waals surface area contributed by atoms with Gasteiger partial charge in [0.25, 0.3) is 0 Å². The van der Waals surface area contributed by atoms with E-state index in [1.807, 2.05) is 0 Å². The van der Waals surface area contributed by atoms with E-state index >= 15 is 0 Å². The minimum absolute atomic E-state index is 0.387. The molecule has 0 atom stereocenters. The van der Waals surface area contributed by atoms with Gasteiger partial charge in [-0.1, -0.05) is 23.2 Å². The van der Waals surface area contributed by atoms with Crippen LogP contribution in [-0.2, 0) is 0 Å². The zero-order valence-electron chi connectivity index (χ0n) is 5.61. The van der Waals surface area contributed by atoms with Crippen molar-refractivity contribution in [2.45, 2.75) is 0 Å². The van der Waals surface area contributed by atoms with E-state index in [9.17, 15) is 0 Å². The highest BCUT2D eigenvalue weighted by Crippen LogP contribution is 2.27.